The van der Waals surface area contributed by atoms with Crippen molar-refractivity contribution in [2.75, 3.05) is 21.3 Å². The van der Waals surface area contributed by atoms with Crippen LogP contribution in [0.25, 0.3) is 0 Å². The van der Waals surface area contributed by atoms with E-state index in [1.54, 1.807) is 33.5 Å². The zero-order valence-electron chi connectivity index (χ0n) is 13.3. The molecule has 0 bridgehead atoms. The molecule has 2 atom stereocenters. The third kappa shape index (κ3) is 4.66. The maximum Gasteiger partial charge on any atom is 0.203 e. The molecule has 0 fully saturated rings. The van der Waals surface area contributed by atoms with Gasteiger partial charge in [-0.05, 0) is 24.5 Å². The van der Waals surface area contributed by atoms with Crippen LogP contribution < -0.4 is 19.9 Å². The molecule has 3 N–H and O–H groups in total. The van der Waals surface area contributed by atoms with Gasteiger partial charge in [-0.15, -0.1) is 12.4 Å². The van der Waals surface area contributed by atoms with Gasteiger partial charge in [-0.3, -0.25) is 0 Å². The van der Waals surface area contributed by atoms with Gasteiger partial charge in [-0.25, -0.2) is 0 Å². The summed E-state index contributed by atoms with van der Waals surface area (Å²) in [4.78, 5) is 0. The Morgan fingerprint density at radius 2 is 1.62 bits per heavy atom. The number of benzene rings is 1. The zero-order valence-corrected chi connectivity index (χ0v) is 14.1. The van der Waals surface area contributed by atoms with Crippen LogP contribution >= 0.6 is 12.4 Å². The minimum atomic E-state index is -0.637. The average molecular weight is 320 g/mol. The monoisotopic (exact) mass is 319 g/mol. The molecular formula is C15H26ClNO4. The highest BCUT2D eigenvalue weighted by molar-refractivity contribution is 5.85. The molecule has 21 heavy (non-hydrogen) atoms. The van der Waals surface area contributed by atoms with Crippen LogP contribution in [0.1, 0.15) is 31.9 Å². The normalized spacial score (nSPS) is 13.3. The number of ether oxygens (including phenoxy) is 3. The van der Waals surface area contributed by atoms with Gasteiger partial charge in [0.25, 0.3) is 0 Å². The van der Waals surface area contributed by atoms with Gasteiger partial charge in [0.1, 0.15) is 0 Å². The Bertz CT molecular complexity index is 440. The van der Waals surface area contributed by atoms with E-state index < -0.39 is 12.1 Å². The molecule has 0 unspecified atom stereocenters. The Balaban J connectivity index is 0.00000400. The molecule has 0 radical (unpaired) electrons. The number of nitrogens with two attached hydrogens (primary N) is 1. The quantitative estimate of drug-likeness (QED) is 0.808. The molecule has 0 heterocycles. The fourth-order valence-corrected chi connectivity index (χ4v) is 2.22. The van der Waals surface area contributed by atoms with Crippen LogP contribution in [0.15, 0.2) is 12.1 Å². The number of aliphatic hydroxyl groups excluding tert-OH is 1. The lowest BCUT2D eigenvalue weighted by molar-refractivity contribution is 0.119. The Labute approximate surface area is 132 Å². The van der Waals surface area contributed by atoms with Crippen molar-refractivity contribution in [1.29, 1.82) is 0 Å². The van der Waals surface area contributed by atoms with E-state index >= 15 is 0 Å². The molecule has 0 aromatic heterocycles. The van der Waals surface area contributed by atoms with Gasteiger partial charge in [0.15, 0.2) is 11.5 Å². The van der Waals surface area contributed by atoms with Crippen molar-refractivity contribution in [3.05, 3.63) is 17.7 Å². The number of methoxy groups -OCH3 is 3. The first-order valence-electron chi connectivity index (χ1n) is 6.68. The fraction of sp³-hybridized carbons (Fsp3) is 0.600. The molecule has 0 saturated carbocycles. The largest absolute Gasteiger partial charge is 0.493 e. The Hall–Kier alpha value is -1.17. The zero-order chi connectivity index (χ0) is 15.3. The van der Waals surface area contributed by atoms with Crippen molar-refractivity contribution in [2.24, 2.45) is 11.7 Å². The van der Waals surface area contributed by atoms with Crippen LogP contribution in [0.2, 0.25) is 0 Å². The summed E-state index contributed by atoms with van der Waals surface area (Å²) in [6.45, 7) is 4.09. The molecular weight excluding hydrogens is 294 g/mol. The first kappa shape index (κ1) is 19.8. The lowest BCUT2D eigenvalue weighted by Gasteiger charge is -2.24. The lowest BCUT2D eigenvalue weighted by Crippen LogP contribution is -2.28. The highest BCUT2D eigenvalue weighted by Crippen LogP contribution is 2.42. The van der Waals surface area contributed by atoms with Gasteiger partial charge in [0, 0.05) is 5.56 Å². The summed E-state index contributed by atoms with van der Waals surface area (Å²) < 4.78 is 15.9. The first-order valence-corrected chi connectivity index (χ1v) is 6.68. The topological polar surface area (TPSA) is 73.9 Å². The van der Waals surface area contributed by atoms with Gasteiger partial charge >= 0.3 is 0 Å². The van der Waals surface area contributed by atoms with Crippen LogP contribution in [-0.4, -0.2) is 32.5 Å². The van der Waals surface area contributed by atoms with Crippen molar-refractivity contribution >= 4 is 12.4 Å². The smallest absolute Gasteiger partial charge is 0.203 e. The highest BCUT2D eigenvalue weighted by Gasteiger charge is 2.25. The Kier molecular flexibility index (Phi) is 8.47. The standard InChI is InChI=1S/C15H25NO4.ClH/c1-9(2)8-11(17)13(16)10-6-7-12(18-3)15(20-5)14(10)19-4;/h6-7,9,11,13,17H,8,16H2,1-5H3;1H/t11-,13+;/m0./s1. The highest BCUT2D eigenvalue weighted by atomic mass is 35.5. The van der Waals surface area contributed by atoms with E-state index in [1.165, 1.54) is 0 Å². The molecule has 1 rings (SSSR count). The van der Waals surface area contributed by atoms with Crippen molar-refractivity contribution in [1.82, 2.24) is 0 Å². The van der Waals surface area contributed by atoms with E-state index in [-0.39, 0.29) is 12.4 Å². The summed E-state index contributed by atoms with van der Waals surface area (Å²) in [5.41, 5.74) is 6.86. The van der Waals surface area contributed by atoms with Crippen LogP contribution in [0.3, 0.4) is 0 Å². The summed E-state index contributed by atoms with van der Waals surface area (Å²) in [5.74, 6) is 1.92. The van der Waals surface area contributed by atoms with Crippen molar-refractivity contribution in [2.45, 2.75) is 32.4 Å². The molecule has 0 aliphatic heterocycles. The molecule has 0 spiro atoms. The minimum Gasteiger partial charge on any atom is -0.493 e. The number of hydrogen-bond acceptors (Lipinski definition) is 5. The molecule has 6 heteroatoms. The molecule has 122 valence electrons. The summed E-state index contributed by atoms with van der Waals surface area (Å²) in [6, 6.07) is 3.03. The molecule has 5 nitrogen and oxygen atoms in total. The predicted octanol–water partition coefficient (Wildman–Crippen LogP) is 2.54. The molecule has 0 saturated heterocycles. The summed E-state index contributed by atoms with van der Waals surface area (Å²) in [5, 5.41) is 10.2. The second-order valence-electron chi connectivity index (χ2n) is 5.15. The van der Waals surface area contributed by atoms with Crippen LogP contribution in [0, 0.1) is 5.92 Å². The number of aliphatic hydroxyl groups is 1. The van der Waals surface area contributed by atoms with E-state index in [4.69, 9.17) is 19.9 Å². The van der Waals surface area contributed by atoms with Crippen molar-refractivity contribution in [3.8, 4) is 17.2 Å². The van der Waals surface area contributed by atoms with Gasteiger partial charge in [-0.2, -0.15) is 0 Å². The van der Waals surface area contributed by atoms with Gasteiger partial charge in [0.05, 0.1) is 33.5 Å². The second-order valence-corrected chi connectivity index (χ2v) is 5.15. The SMILES string of the molecule is COc1ccc([C@@H](N)[C@@H](O)CC(C)C)c(OC)c1OC.Cl. The summed E-state index contributed by atoms with van der Waals surface area (Å²) in [7, 11) is 4.65. The number of hydrogen-bond donors (Lipinski definition) is 2. The number of halogens is 1. The molecule has 1 aromatic rings. The van der Waals surface area contributed by atoms with Crippen molar-refractivity contribution in [3.63, 3.8) is 0 Å². The average Bonchev–Trinajstić information content (AvgIpc) is 2.43. The molecule has 0 aliphatic carbocycles. The van der Waals surface area contributed by atoms with E-state index in [1.807, 2.05) is 13.8 Å². The minimum absolute atomic E-state index is 0. The third-order valence-electron chi connectivity index (χ3n) is 3.22. The molecule has 0 aliphatic rings. The van der Waals surface area contributed by atoms with E-state index in [0.717, 1.165) is 0 Å². The van der Waals surface area contributed by atoms with Crippen LogP contribution in [0.4, 0.5) is 0 Å². The van der Waals surface area contributed by atoms with Crippen LogP contribution in [0.5, 0.6) is 17.2 Å². The molecule has 0 amide bonds. The van der Waals surface area contributed by atoms with E-state index in [2.05, 4.69) is 0 Å². The lowest BCUT2D eigenvalue weighted by atomic mass is 9.94. The van der Waals surface area contributed by atoms with E-state index in [0.29, 0.717) is 35.2 Å². The number of rotatable bonds is 7. The maximum absolute atomic E-state index is 10.2. The summed E-state index contributed by atoms with van der Waals surface area (Å²) in [6.07, 6.45) is -0.0134. The van der Waals surface area contributed by atoms with E-state index in [9.17, 15) is 5.11 Å². The predicted molar refractivity (Wildman–Crippen MR) is 85.7 cm³/mol. The molecule has 1 aromatic carbocycles. The maximum atomic E-state index is 10.2. The van der Waals surface area contributed by atoms with Gasteiger partial charge < -0.3 is 25.1 Å². The summed E-state index contributed by atoms with van der Waals surface area (Å²) >= 11 is 0. The van der Waals surface area contributed by atoms with Gasteiger partial charge in [-0.1, -0.05) is 13.8 Å². The first-order chi connectivity index (χ1) is 9.46. The third-order valence-corrected chi connectivity index (χ3v) is 3.22. The Morgan fingerprint density at radius 3 is 2.05 bits per heavy atom. The van der Waals surface area contributed by atoms with Crippen LogP contribution in [-0.2, 0) is 0 Å². The fourth-order valence-electron chi connectivity index (χ4n) is 2.22. The Morgan fingerprint density at radius 1 is 1.05 bits per heavy atom. The van der Waals surface area contributed by atoms with Crippen molar-refractivity contribution < 1.29 is 19.3 Å². The van der Waals surface area contributed by atoms with Gasteiger partial charge in [0.2, 0.25) is 5.75 Å². The second kappa shape index (κ2) is 8.97.